The minimum Gasteiger partial charge on any atom is -0.406 e. The molecule has 0 saturated carbocycles. The van der Waals surface area contributed by atoms with Gasteiger partial charge in [0.15, 0.2) is 0 Å². The zero-order chi connectivity index (χ0) is 45.1. The van der Waals surface area contributed by atoms with Crippen LogP contribution in [0.4, 0.5) is 36.4 Å². The summed E-state index contributed by atoms with van der Waals surface area (Å²) in [7, 11) is 0. The largest absolute Gasteiger partial charge is 0.573 e. The van der Waals surface area contributed by atoms with E-state index in [2.05, 4.69) is 40.8 Å². The van der Waals surface area contributed by atoms with Crippen LogP contribution in [0.5, 0.6) is 5.75 Å². The van der Waals surface area contributed by atoms with Crippen LogP contribution in [0.3, 0.4) is 0 Å². The van der Waals surface area contributed by atoms with Crippen LogP contribution in [0.25, 0.3) is 27.9 Å². The minimum atomic E-state index is -4.74. The molecule has 2 aliphatic rings. The second-order valence-corrected chi connectivity index (χ2v) is 15.9. The lowest BCUT2D eigenvalue weighted by Gasteiger charge is -2.20. The van der Waals surface area contributed by atoms with Crippen molar-refractivity contribution < 1.29 is 27.5 Å². The number of halogens is 4. The third-order valence-corrected chi connectivity index (χ3v) is 10.9. The molecule has 6 aromatic rings. The molecule has 17 heteroatoms. The van der Waals surface area contributed by atoms with Crippen molar-refractivity contribution in [3.8, 4) is 5.75 Å². The normalized spacial score (nSPS) is 14.7. The number of carbonyl (C=O) groups excluding carboxylic acids is 2. The fourth-order valence-corrected chi connectivity index (χ4v) is 7.46. The van der Waals surface area contributed by atoms with Crippen molar-refractivity contribution >= 4 is 74.6 Å². The molecule has 0 unspecified atom stereocenters. The van der Waals surface area contributed by atoms with E-state index in [9.17, 15) is 22.8 Å². The van der Waals surface area contributed by atoms with Crippen molar-refractivity contribution in [2.24, 2.45) is 0 Å². The zero-order valence-corrected chi connectivity index (χ0v) is 36.4. The molecular formula is C47H50ClF3N10O3. The molecule has 64 heavy (non-hydrogen) atoms. The molecule has 334 valence electrons. The number of benzene rings is 4. The Bertz CT molecular complexity index is 2580. The van der Waals surface area contributed by atoms with Crippen LogP contribution in [0.15, 0.2) is 91.0 Å². The van der Waals surface area contributed by atoms with Crippen LogP contribution in [0, 0.1) is 13.8 Å². The van der Waals surface area contributed by atoms with Crippen LogP contribution in [-0.2, 0) is 16.0 Å². The highest BCUT2D eigenvalue weighted by atomic mass is 35.5. The molecule has 2 aromatic heterocycles. The highest BCUT2D eigenvalue weighted by molar-refractivity contribution is 6.30. The van der Waals surface area contributed by atoms with E-state index >= 15 is 0 Å². The summed E-state index contributed by atoms with van der Waals surface area (Å²) in [4.78, 5) is 48.0. The summed E-state index contributed by atoms with van der Waals surface area (Å²) in [5.74, 6) is 0.779. The fourth-order valence-electron chi connectivity index (χ4n) is 7.33. The predicted molar refractivity (Wildman–Crippen MR) is 247 cm³/mol. The number of amides is 2. The van der Waals surface area contributed by atoms with Crippen molar-refractivity contribution in [3.63, 3.8) is 0 Å². The molecule has 13 nitrogen and oxygen atoms in total. The van der Waals surface area contributed by atoms with Crippen molar-refractivity contribution in [2.45, 2.75) is 45.9 Å². The maximum atomic E-state index is 12.4. The minimum absolute atomic E-state index is 0.0171. The number of carbonyl (C=O) groups is 2. The molecule has 0 atom stereocenters. The Kier molecular flexibility index (Phi) is 15.2. The Hall–Kier alpha value is -6.36. The number of ether oxygens (including phenoxy) is 1. The SMILES string of the molecule is Cc1nc(N2CCCNCC2)nc2ccc(NC(=O)/C=C/c3ccc(OC(F)(F)F)cc3)cc12.Cc1nc(N2CCCNCC2)nc2ccc(NC(=O)CCc3ccc(Cl)cc3)cc12. The van der Waals surface area contributed by atoms with Crippen molar-refractivity contribution in [1.29, 1.82) is 0 Å². The van der Waals surface area contributed by atoms with Crippen LogP contribution in [-0.4, -0.2) is 90.5 Å². The lowest BCUT2D eigenvalue weighted by atomic mass is 10.1. The number of aryl methyl sites for hydroxylation is 3. The Morgan fingerprint density at radius 1 is 0.719 bits per heavy atom. The van der Waals surface area contributed by atoms with Gasteiger partial charge in [0.1, 0.15) is 5.75 Å². The van der Waals surface area contributed by atoms with Crippen molar-refractivity contribution in [2.75, 3.05) is 72.8 Å². The molecule has 2 aliphatic heterocycles. The van der Waals surface area contributed by atoms with Gasteiger partial charge in [-0.1, -0.05) is 35.9 Å². The molecule has 4 N–H and O–H groups in total. The number of alkyl halides is 3. The van der Waals surface area contributed by atoms with Gasteiger partial charge < -0.3 is 35.8 Å². The molecule has 4 aromatic carbocycles. The third-order valence-electron chi connectivity index (χ3n) is 10.6. The molecule has 4 heterocycles. The van der Waals surface area contributed by atoms with Gasteiger partial charge in [0, 0.05) is 78.9 Å². The second kappa shape index (κ2) is 21.3. The summed E-state index contributed by atoms with van der Waals surface area (Å²) in [5, 5.41) is 15.1. The second-order valence-electron chi connectivity index (χ2n) is 15.5. The van der Waals surface area contributed by atoms with E-state index in [0.29, 0.717) is 35.1 Å². The summed E-state index contributed by atoms with van der Waals surface area (Å²) in [6, 6.07) is 24.1. The number of hydrogen-bond acceptors (Lipinski definition) is 11. The first kappa shape index (κ1) is 45.7. The molecule has 0 radical (unpaired) electrons. The smallest absolute Gasteiger partial charge is 0.406 e. The van der Waals surface area contributed by atoms with E-state index in [0.717, 1.165) is 116 Å². The number of nitrogens with zero attached hydrogens (tertiary/aromatic N) is 6. The molecule has 0 spiro atoms. The van der Waals surface area contributed by atoms with Crippen molar-refractivity contribution in [3.05, 3.63) is 119 Å². The monoisotopic (exact) mass is 894 g/mol. The lowest BCUT2D eigenvalue weighted by molar-refractivity contribution is -0.274. The number of aromatic nitrogens is 4. The molecule has 0 bridgehead atoms. The lowest BCUT2D eigenvalue weighted by Crippen LogP contribution is -2.29. The average Bonchev–Trinajstić information content (AvgIpc) is 3.73. The van der Waals surface area contributed by atoms with E-state index in [4.69, 9.17) is 26.6 Å². The predicted octanol–water partition coefficient (Wildman–Crippen LogP) is 8.25. The van der Waals surface area contributed by atoms with Gasteiger partial charge in [-0.25, -0.2) is 19.9 Å². The Morgan fingerprint density at radius 2 is 1.27 bits per heavy atom. The summed E-state index contributed by atoms with van der Waals surface area (Å²) < 4.78 is 40.6. The number of rotatable bonds is 10. The Balaban J connectivity index is 0.000000193. The molecule has 2 saturated heterocycles. The van der Waals surface area contributed by atoms with Crippen LogP contribution < -0.4 is 35.8 Å². The summed E-state index contributed by atoms with van der Waals surface area (Å²) in [6.45, 7) is 11.4. The Labute approximate surface area is 374 Å². The summed E-state index contributed by atoms with van der Waals surface area (Å²) in [6.07, 6.45) is 1.27. The van der Waals surface area contributed by atoms with Gasteiger partial charge in [-0.05, 0) is 124 Å². The molecule has 2 amide bonds. The number of hydrogen-bond donors (Lipinski definition) is 4. The highest BCUT2D eigenvalue weighted by Crippen LogP contribution is 2.26. The molecular weight excluding hydrogens is 845 g/mol. The molecule has 2 fully saturated rings. The van der Waals surface area contributed by atoms with Gasteiger partial charge in [-0.15, -0.1) is 13.2 Å². The zero-order valence-electron chi connectivity index (χ0n) is 35.6. The third kappa shape index (κ3) is 13.1. The first-order chi connectivity index (χ1) is 30.8. The van der Waals surface area contributed by atoms with Crippen LogP contribution in [0.2, 0.25) is 5.02 Å². The van der Waals surface area contributed by atoms with Gasteiger partial charge in [0.05, 0.1) is 22.4 Å². The van der Waals surface area contributed by atoms with Crippen LogP contribution >= 0.6 is 11.6 Å². The van der Waals surface area contributed by atoms with Gasteiger partial charge in [-0.3, -0.25) is 9.59 Å². The summed E-state index contributed by atoms with van der Waals surface area (Å²) >= 11 is 5.91. The maximum absolute atomic E-state index is 12.4. The first-order valence-corrected chi connectivity index (χ1v) is 21.6. The van der Waals surface area contributed by atoms with Gasteiger partial charge in [-0.2, -0.15) is 0 Å². The van der Waals surface area contributed by atoms with E-state index in [1.165, 1.54) is 36.4 Å². The average molecular weight is 895 g/mol. The van der Waals surface area contributed by atoms with Crippen LogP contribution in [0.1, 0.15) is 41.8 Å². The quantitative estimate of drug-likeness (QED) is 0.0986. The van der Waals surface area contributed by atoms with E-state index in [1.54, 1.807) is 6.07 Å². The van der Waals surface area contributed by atoms with E-state index in [1.807, 2.05) is 68.4 Å². The van der Waals surface area contributed by atoms with E-state index < -0.39 is 6.36 Å². The summed E-state index contributed by atoms with van der Waals surface area (Å²) in [5.41, 5.74) is 6.45. The first-order valence-electron chi connectivity index (χ1n) is 21.2. The number of nitrogens with one attached hydrogen (secondary N) is 4. The number of anilines is 4. The molecule has 8 rings (SSSR count). The fraction of sp³-hybridized carbons (Fsp3) is 0.319. The topological polar surface area (TPSA) is 150 Å². The molecule has 0 aliphatic carbocycles. The maximum Gasteiger partial charge on any atom is 0.573 e. The van der Waals surface area contributed by atoms with Crippen molar-refractivity contribution in [1.82, 2.24) is 30.6 Å². The Morgan fingerprint density at radius 3 is 1.81 bits per heavy atom. The van der Waals surface area contributed by atoms with E-state index in [-0.39, 0.29) is 17.6 Å². The van der Waals surface area contributed by atoms with Gasteiger partial charge >= 0.3 is 6.36 Å². The van der Waals surface area contributed by atoms with Gasteiger partial charge in [0.2, 0.25) is 23.7 Å². The number of fused-ring (bicyclic) bond motifs is 2. The standard InChI is InChI=1S/C24H24F3N5O2.C23H26ClN5O/c1-16-20-15-18(6-9-21(20)31-23(29-16)32-13-2-11-28-12-14-32)30-22(33)10-5-17-3-7-19(8-4-17)34-24(25,26)27;1-16-20-15-19(27-22(30)10-5-17-3-6-18(24)7-4-17)8-9-21(20)28-23(26-16)29-13-2-11-25-12-14-29/h3-10,15,28H,2,11-14H2,1H3,(H,30,33);3-4,6-9,15,25H,2,5,10-14H2,1H3,(H,27,30)/b10-5+;. The van der Waals surface area contributed by atoms with Gasteiger partial charge in [0.25, 0.3) is 0 Å². The highest BCUT2D eigenvalue weighted by Gasteiger charge is 2.31.